The van der Waals surface area contributed by atoms with Crippen LogP contribution in [-0.4, -0.2) is 47.4 Å². The average Bonchev–Trinajstić information content (AvgIpc) is 3.37. The molecule has 2 aliphatic heterocycles. The smallest absolute Gasteiger partial charge is 0.329 e. The topological polar surface area (TPSA) is 85.3 Å². The maximum Gasteiger partial charge on any atom is 0.329 e. The molecular weight excluding hydrogens is 434 g/mol. The summed E-state index contributed by atoms with van der Waals surface area (Å²) in [6.07, 6.45) is 6.06. The Morgan fingerprint density at radius 3 is 2.47 bits per heavy atom. The molecule has 2 heterocycles. The zero-order valence-corrected chi connectivity index (χ0v) is 18.7. The number of hydrogen-bond donors (Lipinski definition) is 1. The van der Waals surface area contributed by atoms with Gasteiger partial charge in [-0.25, -0.2) is 4.79 Å². The van der Waals surface area contributed by atoms with Gasteiger partial charge < -0.3 is 24.2 Å². The lowest BCUT2D eigenvalue weighted by Gasteiger charge is -2.56. The Hall–Kier alpha value is -1.99. The molecule has 1 amide bonds. The summed E-state index contributed by atoms with van der Waals surface area (Å²) in [5.41, 5.74) is 0.340. The molecule has 0 radical (unpaired) electrons. The third-order valence-electron chi connectivity index (χ3n) is 8.17. The summed E-state index contributed by atoms with van der Waals surface area (Å²) in [5, 5.41) is 10.7. The van der Waals surface area contributed by atoms with E-state index in [1.165, 1.54) is 19.3 Å². The lowest BCUT2D eigenvalue weighted by molar-refractivity contribution is -0.166. The predicted molar refractivity (Wildman–Crippen MR) is 114 cm³/mol. The van der Waals surface area contributed by atoms with Crippen molar-refractivity contribution >= 4 is 23.5 Å². The van der Waals surface area contributed by atoms with Gasteiger partial charge in [0.15, 0.2) is 11.5 Å². The first-order valence-electron chi connectivity index (χ1n) is 11.6. The highest BCUT2D eigenvalue weighted by molar-refractivity contribution is 6.32. The number of aliphatic hydroxyl groups is 1. The zero-order valence-electron chi connectivity index (χ0n) is 17.9. The van der Waals surface area contributed by atoms with Gasteiger partial charge in [0.05, 0.1) is 16.5 Å². The molecule has 0 spiro atoms. The fourth-order valence-electron chi connectivity index (χ4n) is 7.29. The van der Waals surface area contributed by atoms with Gasteiger partial charge in [-0.15, -0.1) is 0 Å². The molecule has 1 aromatic rings. The maximum atomic E-state index is 13.8. The van der Waals surface area contributed by atoms with Gasteiger partial charge in [0, 0.05) is 13.0 Å². The maximum absolute atomic E-state index is 13.8. The third kappa shape index (κ3) is 3.36. The first kappa shape index (κ1) is 20.6. The number of rotatable bonds is 4. The molecule has 4 aliphatic carbocycles. The molecule has 4 bridgehead atoms. The molecule has 1 aromatic carbocycles. The van der Waals surface area contributed by atoms with Gasteiger partial charge in [-0.1, -0.05) is 11.6 Å². The van der Waals surface area contributed by atoms with Crippen molar-refractivity contribution in [1.29, 1.82) is 0 Å². The molecule has 8 heteroatoms. The number of aliphatic hydroxyl groups excluding tert-OH is 1. The average molecular weight is 462 g/mol. The van der Waals surface area contributed by atoms with E-state index in [0.717, 1.165) is 19.3 Å². The van der Waals surface area contributed by atoms with Crippen molar-refractivity contribution in [3.05, 3.63) is 22.7 Å². The van der Waals surface area contributed by atoms with Crippen LogP contribution in [0.3, 0.4) is 0 Å². The van der Waals surface area contributed by atoms with Crippen molar-refractivity contribution in [2.75, 3.05) is 13.3 Å². The molecule has 2 atom stereocenters. The Morgan fingerprint density at radius 2 is 1.78 bits per heavy atom. The number of hydrogen-bond acceptors (Lipinski definition) is 6. The first-order chi connectivity index (χ1) is 15.4. The second kappa shape index (κ2) is 7.52. The number of carbonyl (C=O) groups excluding carboxylic acids is 2. The SMILES string of the molecule is O=C(OCc1cc(Cl)c2c(c1)OCO2)[C@@H]1CC(O)CN1C(=O)C12CC3CC(CC(C3)C1)C2. The monoisotopic (exact) mass is 461 g/mol. The van der Waals surface area contributed by atoms with Crippen LogP contribution >= 0.6 is 11.6 Å². The van der Waals surface area contributed by atoms with Crippen LogP contribution in [0.2, 0.25) is 5.02 Å². The minimum Gasteiger partial charge on any atom is -0.459 e. The number of benzene rings is 1. The standard InChI is InChI=1S/C24H28ClNO6/c25-18-4-16(5-20-21(18)32-12-31-20)11-30-22(28)19-6-17(27)10-26(19)23(29)24-7-13-1-14(8-24)3-15(2-13)9-24/h4-5,13-15,17,19,27H,1-3,6-12H2/t13?,14?,15?,17?,19-,24?/m0/s1. The highest BCUT2D eigenvalue weighted by Crippen LogP contribution is 2.60. The lowest BCUT2D eigenvalue weighted by Crippen LogP contribution is -2.56. The van der Waals surface area contributed by atoms with Gasteiger partial charge in [-0.2, -0.15) is 0 Å². The van der Waals surface area contributed by atoms with Crippen molar-refractivity contribution in [3.8, 4) is 11.5 Å². The lowest BCUT2D eigenvalue weighted by atomic mass is 9.49. The van der Waals surface area contributed by atoms with Crippen LogP contribution in [0.1, 0.15) is 50.5 Å². The summed E-state index contributed by atoms with van der Waals surface area (Å²) < 4.78 is 16.3. The number of carbonyl (C=O) groups is 2. The van der Waals surface area contributed by atoms with Crippen LogP contribution < -0.4 is 9.47 Å². The minimum absolute atomic E-state index is 0.0151. The van der Waals surface area contributed by atoms with Gasteiger partial charge in [0.2, 0.25) is 12.7 Å². The van der Waals surface area contributed by atoms with E-state index in [1.807, 2.05) is 0 Å². The summed E-state index contributed by atoms with van der Waals surface area (Å²) >= 11 is 6.22. The second-order valence-corrected chi connectivity index (χ2v) is 10.9. The van der Waals surface area contributed by atoms with Crippen molar-refractivity contribution < 1.29 is 28.9 Å². The van der Waals surface area contributed by atoms with E-state index >= 15 is 0 Å². The second-order valence-electron chi connectivity index (χ2n) is 10.5. The third-order valence-corrected chi connectivity index (χ3v) is 8.45. The largest absolute Gasteiger partial charge is 0.459 e. The fraction of sp³-hybridized carbons (Fsp3) is 0.667. The molecule has 5 fully saturated rings. The van der Waals surface area contributed by atoms with Crippen molar-refractivity contribution in [1.82, 2.24) is 4.90 Å². The van der Waals surface area contributed by atoms with Gasteiger partial charge in [0.1, 0.15) is 12.6 Å². The van der Waals surface area contributed by atoms with Gasteiger partial charge in [-0.3, -0.25) is 4.79 Å². The van der Waals surface area contributed by atoms with E-state index in [0.29, 0.717) is 39.8 Å². The Morgan fingerprint density at radius 1 is 1.09 bits per heavy atom. The normalized spacial score (nSPS) is 36.6. The molecule has 32 heavy (non-hydrogen) atoms. The van der Waals surface area contributed by atoms with E-state index in [-0.39, 0.29) is 37.7 Å². The Labute approximate surface area is 191 Å². The number of β-amino-alcohol motifs (C(OH)–C–C–N with tert-alkyl or cyclic N) is 1. The number of ether oxygens (including phenoxy) is 3. The van der Waals surface area contributed by atoms with Crippen LogP contribution in [-0.2, 0) is 20.9 Å². The van der Waals surface area contributed by atoms with Crippen LogP contribution in [0.5, 0.6) is 11.5 Å². The Bertz CT molecular complexity index is 929. The van der Waals surface area contributed by atoms with Crippen molar-refractivity contribution in [2.24, 2.45) is 23.2 Å². The van der Waals surface area contributed by atoms with Crippen LogP contribution in [0, 0.1) is 23.2 Å². The summed E-state index contributed by atoms with van der Waals surface area (Å²) in [6, 6.07) is 2.68. The summed E-state index contributed by atoms with van der Waals surface area (Å²) in [7, 11) is 0. The van der Waals surface area contributed by atoms with Crippen molar-refractivity contribution in [3.63, 3.8) is 0 Å². The van der Waals surface area contributed by atoms with Crippen LogP contribution in [0.25, 0.3) is 0 Å². The van der Waals surface area contributed by atoms with Gasteiger partial charge >= 0.3 is 5.97 Å². The molecule has 1 unspecified atom stereocenters. The minimum atomic E-state index is -0.741. The van der Waals surface area contributed by atoms with E-state index < -0.39 is 18.1 Å². The summed E-state index contributed by atoms with van der Waals surface area (Å²) in [5.74, 6) is 2.51. The van der Waals surface area contributed by atoms with E-state index in [9.17, 15) is 14.7 Å². The first-order valence-corrected chi connectivity index (χ1v) is 12.0. The quantitative estimate of drug-likeness (QED) is 0.692. The van der Waals surface area contributed by atoms with E-state index in [4.69, 9.17) is 25.8 Å². The molecule has 1 N–H and O–H groups in total. The number of amides is 1. The Balaban J connectivity index is 1.16. The van der Waals surface area contributed by atoms with E-state index in [1.54, 1.807) is 17.0 Å². The molecule has 4 saturated carbocycles. The predicted octanol–water partition coefficient (Wildman–Crippen LogP) is 3.29. The molecule has 172 valence electrons. The fourth-order valence-corrected chi connectivity index (χ4v) is 7.58. The number of esters is 1. The highest BCUT2D eigenvalue weighted by Gasteiger charge is 2.57. The molecule has 7 rings (SSSR count). The molecule has 6 aliphatic rings. The van der Waals surface area contributed by atoms with Crippen LogP contribution in [0.4, 0.5) is 0 Å². The van der Waals surface area contributed by atoms with Crippen molar-refractivity contribution in [2.45, 2.75) is 63.7 Å². The molecular formula is C24H28ClNO6. The number of halogens is 1. The van der Waals surface area contributed by atoms with Crippen LogP contribution in [0.15, 0.2) is 12.1 Å². The van der Waals surface area contributed by atoms with Gasteiger partial charge in [-0.05, 0) is 74.0 Å². The highest BCUT2D eigenvalue weighted by atomic mass is 35.5. The van der Waals surface area contributed by atoms with Gasteiger partial charge in [0.25, 0.3) is 0 Å². The number of nitrogens with zero attached hydrogens (tertiary/aromatic N) is 1. The molecule has 1 saturated heterocycles. The summed E-state index contributed by atoms with van der Waals surface area (Å²) in [4.78, 5) is 28.4. The zero-order chi connectivity index (χ0) is 22.0. The number of fused-ring (bicyclic) bond motifs is 1. The van der Waals surface area contributed by atoms with E-state index in [2.05, 4.69) is 0 Å². The number of likely N-dealkylation sites (tertiary alicyclic amines) is 1. The Kier molecular flexibility index (Phi) is 4.84. The molecule has 0 aromatic heterocycles. The molecule has 7 nitrogen and oxygen atoms in total. The summed E-state index contributed by atoms with van der Waals surface area (Å²) in [6.45, 7) is 0.330.